The molecule has 0 aliphatic carbocycles. The Morgan fingerprint density at radius 3 is 2.43 bits per heavy atom. The summed E-state index contributed by atoms with van der Waals surface area (Å²) >= 11 is 0. The first-order valence-corrected chi connectivity index (χ1v) is 7.00. The van der Waals surface area contributed by atoms with Gasteiger partial charge in [-0.1, -0.05) is 6.92 Å². The van der Waals surface area contributed by atoms with E-state index in [1.165, 1.54) is 0 Å². The van der Waals surface area contributed by atoms with Gasteiger partial charge in [0.15, 0.2) is 12.4 Å². The van der Waals surface area contributed by atoms with Crippen LogP contribution in [0.5, 0.6) is 5.75 Å². The Bertz CT molecular complexity index is 714. The number of ether oxygens (including phenoxy) is 1. The standard InChI is InChI=1S/C17H15F2NO3/c1-2-16(21)11-3-6-13(7-4-11)23-10-17(22)20-15-9-12(18)5-8-14(15)19/h3-9H,2,10H2,1H3,(H,20,22). The molecule has 1 N–H and O–H groups in total. The van der Waals surface area contributed by atoms with E-state index < -0.39 is 17.5 Å². The lowest BCUT2D eigenvalue weighted by molar-refractivity contribution is -0.118. The molecule has 0 saturated heterocycles. The molecule has 2 aromatic carbocycles. The van der Waals surface area contributed by atoms with Crippen molar-refractivity contribution in [2.75, 3.05) is 11.9 Å². The molecule has 2 rings (SSSR count). The molecule has 0 aliphatic heterocycles. The van der Waals surface area contributed by atoms with Crippen LogP contribution in [0, 0.1) is 11.6 Å². The van der Waals surface area contributed by atoms with Crippen molar-refractivity contribution < 1.29 is 23.1 Å². The molecule has 0 bridgehead atoms. The molecule has 0 radical (unpaired) electrons. The van der Waals surface area contributed by atoms with Crippen molar-refractivity contribution in [3.8, 4) is 5.75 Å². The number of carbonyl (C=O) groups excluding carboxylic acids is 2. The minimum atomic E-state index is -0.734. The largest absolute Gasteiger partial charge is 0.484 e. The van der Waals surface area contributed by atoms with Gasteiger partial charge < -0.3 is 10.1 Å². The maximum Gasteiger partial charge on any atom is 0.262 e. The average molecular weight is 319 g/mol. The van der Waals surface area contributed by atoms with Gasteiger partial charge in [0.05, 0.1) is 5.69 Å². The van der Waals surface area contributed by atoms with Gasteiger partial charge in [-0.25, -0.2) is 8.78 Å². The molecule has 4 nitrogen and oxygen atoms in total. The fraction of sp³-hybridized carbons (Fsp3) is 0.176. The maximum atomic E-state index is 13.4. The van der Waals surface area contributed by atoms with E-state index in [2.05, 4.69) is 5.32 Å². The molecule has 0 unspecified atom stereocenters. The van der Waals surface area contributed by atoms with E-state index >= 15 is 0 Å². The van der Waals surface area contributed by atoms with E-state index in [1.54, 1.807) is 31.2 Å². The number of nitrogens with one attached hydrogen (secondary N) is 1. The molecule has 0 aromatic heterocycles. The van der Waals surface area contributed by atoms with Crippen molar-refractivity contribution in [2.45, 2.75) is 13.3 Å². The Morgan fingerprint density at radius 2 is 1.78 bits per heavy atom. The first kappa shape index (κ1) is 16.6. The predicted octanol–water partition coefficient (Wildman–Crippen LogP) is 3.58. The smallest absolute Gasteiger partial charge is 0.262 e. The van der Waals surface area contributed by atoms with Crippen LogP contribution in [0.4, 0.5) is 14.5 Å². The highest BCUT2D eigenvalue weighted by Crippen LogP contribution is 2.16. The number of amides is 1. The van der Waals surface area contributed by atoms with Crippen molar-refractivity contribution >= 4 is 17.4 Å². The predicted molar refractivity (Wildman–Crippen MR) is 81.5 cm³/mol. The topological polar surface area (TPSA) is 55.4 Å². The zero-order chi connectivity index (χ0) is 16.8. The lowest BCUT2D eigenvalue weighted by Gasteiger charge is -2.08. The number of benzene rings is 2. The van der Waals surface area contributed by atoms with Crippen molar-refractivity contribution in [1.82, 2.24) is 0 Å². The SMILES string of the molecule is CCC(=O)c1ccc(OCC(=O)Nc2cc(F)ccc2F)cc1. The van der Waals surface area contributed by atoms with E-state index in [0.29, 0.717) is 17.7 Å². The second-order valence-electron chi connectivity index (χ2n) is 4.76. The normalized spacial score (nSPS) is 10.2. The Kier molecular flexibility index (Phi) is 5.41. The van der Waals surface area contributed by atoms with Crippen LogP contribution >= 0.6 is 0 Å². The van der Waals surface area contributed by atoms with Gasteiger partial charge in [-0.2, -0.15) is 0 Å². The van der Waals surface area contributed by atoms with Crippen molar-refractivity contribution in [2.24, 2.45) is 0 Å². The number of Topliss-reactive ketones (excluding diaryl/α,β-unsaturated/α-hetero) is 1. The van der Waals surface area contributed by atoms with E-state index in [0.717, 1.165) is 18.2 Å². The number of hydrogen-bond donors (Lipinski definition) is 1. The highest BCUT2D eigenvalue weighted by molar-refractivity contribution is 5.96. The molecule has 0 spiro atoms. The zero-order valence-corrected chi connectivity index (χ0v) is 12.4. The van der Waals surface area contributed by atoms with Gasteiger partial charge in [-0.05, 0) is 36.4 Å². The van der Waals surface area contributed by atoms with Crippen LogP contribution in [0.3, 0.4) is 0 Å². The number of ketones is 1. The minimum absolute atomic E-state index is 0.0101. The molecular formula is C17H15F2NO3. The van der Waals surface area contributed by atoms with Crippen molar-refractivity contribution in [1.29, 1.82) is 0 Å². The van der Waals surface area contributed by atoms with Gasteiger partial charge in [0.2, 0.25) is 0 Å². The Labute approximate surface area is 132 Å². The second kappa shape index (κ2) is 7.49. The summed E-state index contributed by atoms with van der Waals surface area (Å²) in [6, 6.07) is 9.11. The van der Waals surface area contributed by atoms with Gasteiger partial charge in [-0.3, -0.25) is 9.59 Å². The molecule has 0 saturated carbocycles. The Morgan fingerprint density at radius 1 is 1.09 bits per heavy atom. The molecule has 0 fully saturated rings. The third-order valence-electron chi connectivity index (χ3n) is 3.07. The Balaban J connectivity index is 1.91. The molecular weight excluding hydrogens is 304 g/mol. The first-order chi connectivity index (χ1) is 11.0. The third kappa shape index (κ3) is 4.60. The van der Waals surface area contributed by atoms with Crippen LogP contribution < -0.4 is 10.1 Å². The molecule has 0 aliphatic rings. The number of rotatable bonds is 6. The summed E-state index contributed by atoms with van der Waals surface area (Å²) in [5.74, 6) is -1.60. The molecule has 120 valence electrons. The summed E-state index contributed by atoms with van der Waals surface area (Å²) in [4.78, 5) is 23.2. The summed E-state index contributed by atoms with van der Waals surface area (Å²) in [7, 11) is 0. The van der Waals surface area contributed by atoms with Crippen LogP contribution in [0.15, 0.2) is 42.5 Å². The number of anilines is 1. The molecule has 6 heteroatoms. The van der Waals surface area contributed by atoms with Gasteiger partial charge >= 0.3 is 0 Å². The summed E-state index contributed by atoms with van der Waals surface area (Å²) in [5, 5.41) is 2.23. The zero-order valence-electron chi connectivity index (χ0n) is 12.4. The number of carbonyl (C=O) groups is 2. The minimum Gasteiger partial charge on any atom is -0.484 e. The van der Waals surface area contributed by atoms with E-state index in [4.69, 9.17) is 4.74 Å². The van der Waals surface area contributed by atoms with Crippen LogP contribution in [0.2, 0.25) is 0 Å². The molecule has 0 heterocycles. The van der Waals surface area contributed by atoms with Crippen LogP contribution in [0.25, 0.3) is 0 Å². The fourth-order valence-electron chi connectivity index (χ4n) is 1.87. The molecule has 1 amide bonds. The van der Waals surface area contributed by atoms with Gasteiger partial charge in [-0.15, -0.1) is 0 Å². The Hall–Kier alpha value is -2.76. The van der Waals surface area contributed by atoms with E-state index in [9.17, 15) is 18.4 Å². The highest BCUT2D eigenvalue weighted by Gasteiger charge is 2.09. The van der Waals surface area contributed by atoms with Crippen molar-refractivity contribution in [3.05, 3.63) is 59.7 Å². The molecule has 23 heavy (non-hydrogen) atoms. The molecule has 2 aromatic rings. The van der Waals surface area contributed by atoms with Crippen molar-refractivity contribution in [3.63, 3.8) is 0 Å². The summed E-state index contributed by atoms with van der Waals surface area (Å²) in [6.45, 7) is 1.40. The first-order valence-electron chi connectivity index (χ1n) is 7.00. The van der Waals surface area contributed by atoms with Crippen LogP contribution in [-0.4, -0.2) is 18.3 Å². The highest BCUT2D eigenvalue weighted by atomic mass is 19.1. The summed E-state index contributed by atoms with van der Waals surface area (Å²) < 4.78 is 31.6. The van der Waals surface area contributed by atoms with E-state index in [1.807, 2.05) is 0 Å². The summed E-state index contributed by atoms with van der Waals surface area (Å²) in [5.41, 5.74) is 0.314. The van der Waals surface area contributed by atoms with E-state index in [-0.39, 0.29) is 18.1 Å². The van der Waals surface area contributed by atoms with Gasteiger partial charge in [0, 0.05) is 18.1 Å². The quantitative estimate of drug-likeness (QED) is 0.828. The number of halogens is 2. The monoisotopic (exact) mass is 319 g/mol. The lowest BCUT2D eigenvalue weighted by Crippen LogP contribution is -2.20. The lowest BCUT2D eigenvalue weighted by atomic mass is 10.1. The van der Waals surface area contributed by atoms with Crippen LogP contribution in [-0.2, 0) is 4.79 Å². The fourth-order valence-corrected chi connectivity index (χ4v) is 1.87. The molecule has 0 atom stereocenters. The number of hydrogen-bond acceptors (Lipinski definition) is 3. The van der Waals surface area contributed by atoms with Crippen LogP contribution in [0.1, 0.15) is 23.7 Å². The van der Waals surface area contributed by atoms with Gasteiger partial charge in [0.25, 0.3) is 5.91 Å². The third-order valence-corrected chi connectivity index (χ3v) is 3.07. The average Bonchev–Trinajstić information content (AvgIpc) is 2.56. The van der Waals surface area contributed by atoms with Gasteiger partial charge in [0.1, 0.15) is 17.4 Å². The second-order valence-corrected chi connectivity index (χ2v) is 4.76. The maximum absolute atomic E-state index is 13.4. The summed E-state index contributed by atoms with van der Waals surface area (Å²) in [6.07, 6.45) is 0.405.